The first-order valence-electron chi connectivity index (χ1n) is 7.54. The molecular formula is C18H14F2N2O4. The minimum Gasteiger partial charge on any atom is -0.445 e. The molecule has 0 heterocycles. The first-order valence-corrected chi connectivity index (χ1v) is 7.54. The molecule has 0 saturated heterocycles. The maximum absolute atomic E-state index is 13.2. The molecule has 0 aliphatic carbocycles. The average molecular weight is 360 g/mol. The highest BCUT2D eigenvalue weighted by molar-refractivity contribution is 5.67. The van der Waals surface area contributed by atoms with Gasteiger partial charge in [0.1, 0.15) is 12.2 Å². The second-order valence-electron chi connectivity index (χ2n) is 5.08. The molecule has 2 aromatic carbocycles. The first kappa shape index (κ1) is 18.9. The van der Waals surface area contributed by atoms with Gasteiger partial charge in [-0.25, -0.2) is 13.6 Å². The van der Waals surface area contributed by atoms with E-state index >= 15 is 0 Å². The predicted octanol–water partition coefficient (Wildman–Crippen LogP) is 3.54. The van der Waals surface area contributed by atoms with Crippen LogP contribution in [0.2, 0.25) is 0 Å². The Morgan fingerprint density at radius 3 is 2.58 bits per heavy atom. The zero-order valence-corrected chi connectivity index (χ0v) is 13.5. The molecule has 1 amide bonds. The van der Waals surface area contributed by atoms with Crippen molar-refractivity contribution in [2.24, 2.45) is 0 Å². The second kappa shape index (κ2) is 9.13. The first-order chi connectivity index (χ1) is 12.5. The monoisotopic (exact) mass is 360 g/mol. The molecule has 0 unspecified atom stereocenters. The Bertz CT molecular complexity index is 861. The lowest BCUT2D eigenvalue weighted by Crippen LogP contribution is -2.24. The number of nitrogens with one attached hydrogen (secondary N) is 1. The summed E-state index contributed by atoms with van der Waals surface area (Å²) in [5, 5.41) is 13.3. The van der Waals surface area contributed by atoms with Crippen LogP contribution in [0.1, 0.15) is 17.5 Å². The van der Waals surface area contributed by atoms with E-state index in [1.54, 1.807) is 0 Å². The Morgan fingerprint density at radius 2 is 1.88 bits per heavy atom. The Morgan fingerprint density at radius 1 is 1.19 bits per heavy atom. The van der Waals surface area contributed by atoms with Gasteiger partial charge in [0.25, 0.3) is 5.69 Å². The molecule has 1 N–H and O–H groups in total. The lowest BCUT2D eigenvalue weighted by atomic mass is 10.1. The SMILES string of the molecule is O=C(NCCC#Cc1cc(F)c(F)cc1[N+](=O)[O-])OCc1ccccc1. The topological polar surface area (TPSA) is 81.5 Å². The number of nitrogens with zero attached hydrogens (tertiary/aromatic N) is 1. The maximum Gasteiger partial charge on any atom is 0.407 e. The summed E-state index contributed by atoms with van der Waals surface area (Å²) in [6, 6.07) is 10.3. The third-order valence-corrected chi connectivity index (χ3v) is 3.19. The fourth-order valence-electron chi connectivity index (χ4n) is 1.95. The molecule has 6 nitrogen and oxygen atoms in total. The summed E-state index contributed by atoms with van der Waals surface area (Å²) in [5.74, 6) is 2.43. The van der Waals surface area contributed by atoms with E-state index in [1.165, 1.54) is 0 Å². The van der Waals surface area contributed by atoms with Gasteiger partial charge >= 0.3 is 6.09 Å². The number of carbonyl (C=O) groups excluding carboxylic acids is 1. The summed E-state index contributed by atoms with van der Waals surface area (Å²) < 4.78 is 31.2. The van der Waals surface area contributed by atoms with Crippen molar-refractivity contribution in [2.45, 2.75) is 13.0 Å². The van der Waals surface area contributed by atoms with Crippen molar-refractivity contribution in [2.75, 3.05) is 6.54 Å². The highest BCUT2D eigenvalue weighted by atomic mass is 19.2. The third kappa shape index (κ3) is 5.56. The molecule has 2 rings (SSSR count). The largest absolute Gasteiger partial charge is 0.445 e. The highest BCUT2D eigenvalue weighted by Crippen LogP contribution is 2.21. The molecule has 0 radical (unpaired) electrons. The second-order valence-corrected chi connectivity index (χ2v) is 5.08. The van der Waals surface area contributed by atoms with E-state index < -0.39 is 28.3 Å². The fourth-order valence-corrected chi connectivity index (χ4v) is 1.95. The molecule has 0 atom stereocenters. The molecule has 26 heavy (non-hydrogen) atoms. The van der Waals surface area contributed by atoms with E-state index in [4.69, 9.17) is 4.74 Å². The summed E-state index contributed by atoms with van der Waals surface area (Å²) >= 11 is 0. The lowest BCUT2D eigenvalue weighted by molar-refractivity contribution is -0.385. The molecule has 0 aliphatic rings. The van der Waals surface area contributed by atoms with Gasteiger partial charge in [-0.3, -0.25) is 10.1 Å². The average Bonchev–Trinajstić information content (AvgIpc) is 2.63. The van der Waals surface area contributed by atoms with Crippen molar-refractivity contribution in [1.82, 2.24) is 5.32 Å². The Hall–Kier alpha value is -3.47. The normalized spacial score (nSPS) is 9.77. The van der Waals surface area contributed by atoms with Gasteiger partial charge in [-0.15, -0.1) is 0 Å². The summed E-state index contributed by atoms with van der Waals surface area (Å²) in [5.41, 5.74) is -0.0136. The van der Waals surface area contributed by atoms with Crippen molar-refractivity contribution in [3.8, 4) is 11.8 Å². The van der Waals surface area contributed by atoms with E-state index in [9.17, 15) is 23.7 Å². The van der Waals surface area contributed by atoms with Crippen LogP contribution in [0.25, 0.3) is 0 Å². The van der Waals surface area contributed by atoms with Crippen molar-refractivity contribution in [3.63, 3.8) is 0 Å². The van der Waals surface area contributed by atoms with Crippen LogP contribution in [-0.2, 0) is 11.3 Å². The molecule has 0 aliphatic heterocycles. The number of carbonyl (C=O) groups is 1. The standard InChI is InChI=1S/C18H14F2N2O4/c19-15-10-14(17(22(24)25)11-16(15)20)8-4-5-9-21-18(23)26-12-13-6-2-1-3-7-13/h1-3,6-7,10-11H,5,9,12H2,(H,21,23). The van der Waals surface area contributed by atoms with Crippen LogP contribution < -0.4 is 5.32 Å². The van der Waals surface area contributed by atoms with E-state index in [-0.39, 0.29) is 25.1 Å². The molecule has 2 aromatic rings. The Balaban J connectivity index is 1.83. The van der Waals surface area contributed by atoms with Gasteiger partial charge in [0.15, 0.2) is 11.6 Å². The number of halogens is 2. The number of hydrogen-bond acceptors (Lipinski definition) is 4. The van der Waals surface area contributed by atoms with Crippen LogP contribution in [0.5, 0.6) is 0 Å². The molecular weight excluding hydrogens is 346 g/mol. The molecule has 0 bridgehead atoms. The van der Waals surface area contributed by atoms with Gasteiger partial charge in [-0.05, 0) is 11.6 Å². The maximum atomic E-state index is 13.2. The van der Waals surface area contributed by atoms with Crippen LogP contribution in [0.15, 0.2) is 42.5 Å². The van der Waals surface area contributed by atoms with Gasteiger partial charge in [-0.1, -0.05) is 42.2 Å². The number of rotatable bonds is 5. The summed E-state index contributed by atoms with van der Waals surface area (Å²) in [6.45, 7) is 0.261. The van der Waals surface area contributed by atoms with Crippen LogP contribution in [-0.4, -0.2) is 17.6 Å². The molecule has 0 saturated carbocycles. The quantitative estimate of drug-likeness (QED) is 0.383. The number of nitro groups is 1. The van der Waals surface area contributed by atoms with E-state index in [1.807, 2.05) is 30.3 Å². The highest BCUT2D eigenvalue weighted by Gasteiger charge is 2.17. The summed E-state index contributed by atoms with van der Waals surface area (Å²) in [6.07, 6.45) is -0.481. The number of amides is 1. The zero-order valence-electron chi connectivity index (χ0n) is 13.5. The Labute approximate surface area is 147 Å². The molecule has 134 valence electrons. The molecule has 8 heteroatoms. The number of alkyl carbamates (subject to hydrolysis) is 1. The van der Waals surface area contributed by atoms with Crippen molar-refractivity contribution >= 4 is 11.8 Å². The van der Waals surface area contributed by atoms with Crippen LogP contribution in [0.4, 0.5) is 19.3 Å². The smallest absolute Gasteiger partial charge is 0.407 e. The van der Waals surface area contributed by atoms with Crippen molar-refractivity contribution in [3.05, 3.63) is 75.3 Å². The number of benzene rings is 2. The lowest BCUT2D eigenvalue weighted by Gasteiger charge is -2.05. The van der Waals surface area contributed by atoms with Crippen LogP contribution in [0.3, 0.4) is 0 Å². The van der Waals surface area contributed by atoms with Crippen LogP contribution in [0, 0.1) is 33.6 Å². The van der Waals surface area contributed by atoms with Gasteiger partial charge in [0.05, 0.1) is 11.0 Å². The van der Waals surface area contributed by atoms with Gasteiger partial charge in [0, 0.05) is 13.0 Å². The van der Waals surface area contributed by atoms with E-state index in [0.29, 0.717) is 12.1 Å². The van der Waals surface area contributed by atoms with Gasteiger partial charge in [0.2, 0.25) is 0 Å². The number of hydrogen-bond donors (Lipinski definition) is 1. The third-order valence-electron chi connectivity index (χ3n) is 3.19. The zero-order chi connectivity index (χ0) is 18.9. The number of ether oxygens (including phenoxy) is 1. The predicted molar refractivity (Wildman–Crippen MR) is 89.1 cm³/mol. The van der Waals surface area contributed by atoms with Gasteiger partial charge in [-0.2, -0.15) is 0 Å². The van der Waals surface area contributed by atoms with E-state index in [2.05, 4.69) is 17.2 Å². The minimum absolute atomic E-state index is 0.124. The Kier molecular flexibility index (Phi) is 6.62. The molecule has 0 spiro atoms. The van der Waals surface area contributed by atoms with Gasteiger partial charge < -0.3 is 10.1 Å². The van der Waals surface area contributed by atoms with E-state index in [0.717, 1.165) is 5.56 Å². The fraction of sp³-hybridized carbons (Fsp3) is 0.167. The summed E-state index contributed by atoms with van der Waals surface area (Å²) in [7, 11) is 0. The van der Waals surface area contributed by atoms with Crippen LogP contribution >= 0.6 is 0 Å². The summed E-state index contributed by atoms with van der Waals surface area (Å²) in [4.78, 5) is 21.5. The van der Waals surface area contributed by atoms with Crippen molar-refractivity contribution in [1.29, 1.82) is 0 Å². The molecule has 0 aromatic heterocycles. The molecule has 0 fully saturated rings. The van der Waals surface area contributed by atoms with Crippen molar-refractivity contribution < 1.29 is 23.2 Å². The minimum atomic E-state index is -1.31. The number of nitro benzene ring substituents is 1.